The summed E-state index contributed by atoms with van der Waals surface area (Å²) in [4.78, 5) is 0. The number of halogens is 1. The van der Waals surface area contributed by atoms with Crippen molar-refractivity contribution in [3.8, 4) is 0 Å². The minimum atomic E-state index is 0.433. The second-order valence-corrected chi connectivity index (χ2v) is 4.40. The third kappa shape index (κ3) is 1.58. The molecule has 2 aromatic heterocycles. The third-order valence-corrected chi connectivity index (χ3v) is 3.29. The van der Waals surface area contributed by atoms with Gasteiger partial charge in [0.15, 0.2) is 5.65 Å². The van der Waals surface area contributed by atoms with Crippen LogP contribution in [0.4, 0.5) is 0 Å². The van der Waals surface area contributed by atoms with E-state index in [0.29, 0.717) is 10.9 Å². The molecule has 84 valence electrons. The highest BCUT2D eigenvalue weighted by Crippen LogP contribution is 2.27. The van der Waals surface area contributed by atoms with Gasteiger partial charge in [0.05, 0.1) is 5.02 Å². The van der Waals surface area contributed by atoms with E-state index in [1.54, 1.807) is 0 Å². The van der Waals surface area contributed by atoms with Crippen molar-refractivity contribution in [2.45, 2.75) is 18.8 Å². The van der Waals surface area contributed by atoms with Gasteiger partial charge in [-0.15, -0.1) is 10.2 Å². The van der Waals surface area contributed by atoms with Crippen molar-refractivity contribution in [3.05, 3.63) is 29.2 Å². The van der Waals surface area contributed by atoms with Crippen LogP contribution in [-0.4, -0.2) is 27.8 Å². The van der Waals surface area contributed by atoms with E-state index >= 15 is 0 Å². The third-order valence-electron chi connectivity index (χ3n) is 3.00. The summed E-state index contributed by atoms with van der Waals surface area (Å²) in [5, 5.41) is 9.03. The van der Waals surface area contributed by atoms with Crippen molar-refractivity contribution >= 4 is 17.2 Å². The van der Waals surface area contributed by atoms with Gasteiger partial charge in [-0.3, -0.25) is 4.40 Å². The van der Waals surface area contributed by atoms with E-state index in [0.717, 1.165) is 37.5 Å². The molecule has 0 amide bonds. The van der Waals surface area contributed by atoms with Crippen LogP contribution in [0.3, 0.4) is 0 Å². The van der Waals surface area contributed by atoms with Crippen molar-refractivity contribution in [2.24, 2.45) is 0 Å². The lowest BCUT2D eigenvalue weighted by molar-refractivity contribution is 0.0834. The molecule has 2 aromatic rings. The fraction of sp³-hybridized carbons (Fsp3) is 0.455. The predicted molar refractivity (Wildman–Crippen MR) is 60.8 cm³/mol. The Kier molecular flexibility index (Phi) is 2.53. The molecule has 1 aliphatic rings. The second-order valence-electron chi connectivity index (χ2n) is 3.99. The highest BCUT2D eigenvalue weighted by molar-refractivity contribution is 6.33. The van der Waals surface area contributed by atoms with E-state index in [4.69, 9.17) is 16.3 Å². The standard InChI is InChI=1S/C11H12ClN3O/c12-9-2-1-5-15-10(13-14-11(9)15)8-3-6-16-7-4-8/h1-2,5,8H,3-4,6-7H2. The number of hydrogen-bond acceptors (Lipinski definition) is 3. The Balaban J connectivity index is 2.06. The molecule has 3 rings (SSSR count). The van der Waals surface area contributed by atoms with Crippen LogP contribution in [0.15, 0.2) is 18.3 Å². The molecule has 1 aliphatic heterocycles. The van der Waals surface area contributed by atoms with Gasteiger partial charge >= 0.3 is 0 Å². The summed E-state index contributed by atoms with van der Waals surface area (Å²) in [5.74, 6) is 1.43. The fourth-order valence-electron chi connectivity index (χ4n) is 2.14. The summed E-state index contributed by atoms with van der Waals surface area (Å²) in [7, 11) is 0. The van der Waals surface area contributed by atoms with E-state index in [1.807, 2.05) is 22.7 Å². The number of ether oxygens (including phenoxy) is 1. The minimum Gasteiger partial charge on any atom is -0.381 e. The van der Waals surface area contributed by atoms with Gasteiger partial charge in [-0.25, -0.2) is 0 Å². The van der Waals surface area contributed by atoms with Crippen LogP contribution < -0.4 is 0 Å². The molecule has 1 fully saturated rings. The first kappa shape index (κ1) is 10.1. The number of fused-ring (bicyclic) bond motifs is 1. The summed E-state index contributed by atoms with van der Waals surface area (Å²) in [6, 6.07) is 3.75. The lowest BCUT2D eigenvalue weighted by atomic mass is 10.00. The van der Waals surface area contributed by atoms with Gasteiger partial charge in [-0.05, 0) is 25.0 Å². The second kappa shape index (κ2) is 4.03. The summed E-state index contributed by atoms with van der Waals surface area (Å²) in [5.41, 5.74) is 0.741. The van der Waals surface area contributed by atoms with Gasteiger partial charge in [0.2, 0.25) is 0 Å². The highest BCUT2D eigenvalue weighted by Gasteiger charge is 2.21. The monoisotopic (exact) mass is 237 g/mol. The Hall–Kier alpha value is -1.13. The van der Waals surface area contributed by atoms with Crippen molar-refractivity contribution in [2.75, 3.05) is 13.2 Å². The van der Waals surface area contributed by atoms with E-state index in [9.17, 15) is 0 Å². The molecular formula is C11H12ClN3O. The van der Waals surface area contributed by atoms with Gasteiger partial charge in [0.25, 0.3) is 0 Å². The van der Waals surface area contributed by atoms with Crippen molar-refractivity contribution in [3.63, 3.8) is 0 Å². The Bertz CT molecular complexity index is 505. The van der Waals surface area contributed by atoms with E-state index in [1.165, 1.54) is 0 Å². The Morgan fingerprint density at radius 1 is 1.31 bits per heavy atom. The molecule has 0 unspecified atom stereocenters. The maximum absolute atomic E-state index is 6.06. The number of hydrogen-bond donors (Lipinski definition) is 0. The first-order valence-corrected chi connectivity index (χ1v) is 5.81. The van der Waals surface area contributed by atoms with E-state index < -0.39 is 0 Å². The number of pyridine rings is 1. The molecule has 0 spiro atoms. The van der Waals surface area contributed by atoms with Gasteiger partial charge in [-0.2, -0.15) is 0 Å². The van der Waals surface area contributed by atoms with Gasteiger partial charge in [0.1, 0.15) is 5.82 Å². The molecule has 4 nitrogen and oxygen atoms in total. The zero-order valence-corrected chi connectivity index (χ0v) is 9.52. The molecule has 0 saturated carbocycles. The van der Waals surface area contributed by atoms with Gasteiger partial charge < -0.3 is 4.74 Å². The Morgan fingerprint density at radius 3 is 2.94 bits per heavy atom. The van der Waals surface area contributed by atoms with Crippen molar-refractivity contribution in [1.29, 1.82) is 0 Å². The van der Waals surface area contributed by atoms with E-state index in [2.05, 4.69) is 10.2 Å². The molecule has 3 heterocycles. The normalized spacial score (nSPS) is 18.1. The largest absolute Gasteiger partial charge is 0.381 e. The molecule has 0 bridgehead atoms. The number of nitrogens with zero attached hydrogens (tertiary/aromatic N) is 3. The quantitative estimate of drug-likeness (QED) is 0.764. The average Bonchev–Trinajstić information content (AvgIpc) is 2.75. The lowest BCUT2D eigenvalue weighted by Crippen LogP contribution is -2.16. The average molecular weight is 238 g/mol. The fourth-order valence-corrected chi connectivity index (χ4v) is 2.34. The zero-order chi connectivity index (χ0) is 11.0. The van der Waals surface area contributed by atoms with Gasteiger partial charge in [-0.1, -0.05) is 11.6 Å². The number of aromatic nitrogens is 3. The molecule has 0 aromatic carbocycles. The molecule has 0 atom stereocenters. The molecule has 1 saturated heterocycles. The molecule has 0 radical (unpaired) electrons. The summed E-state index contributed by atoms with van der Waals surface area (Å²) in [6.45, 7) is 1.61. The molecular weight excluding hydrogens is 226 g/mol. The minimum absolute atomic E-state index is 0.433. The summed E-state index contributed by atoms with van der Waals surface area (Å²) < 4.78 is 7.33. The first-order valence-electron chi connectivity index (χ1n) is 5.43. The smallest absolute Gasteiger partial charge is 0.179 e. The van der Waals surface area contributed by atoms with Crippen molar-refractivity contribution in [1.82, 2.24) is 14.6 Å². The van der Waals surface area contributed by atoms with Crippen LogP contribution >= 0.6 is 11.6 Å². The predicted octanol–water partition coefficient (Wildman–Crippen LogP) is 2.28. The lowest BCUT2D eigenvalue weighted by Gasteiger charge is -2.20. The SMILES string of the molecule is Clc1cccn2c(C3CCOCC3)nnc12. The highest BCUT2D eigenvalue weighted by atomic mass is 35.5. The number of rotatable bonds is 1. The molecule has 0 N–H and O–H groups in total. The van der Waals surface area contributed by atoms with Crippen LogP contribution in [0.2, 0.25) is 5.02 Å². The molecule has 0 aliphatic carbocycles. The van der Waals surface area contributed by atoms with Crippen LogP contribution in [0.5, 0.6) is 0 Å². The van der Waals surface area contributed by atoms with Crippen molar-refractivity contribution < 1.29 is 4.74 Å². The Labute approximate surface area is 98.2 Å². The topological polar surface area (TPSA) is 39.4 Å². The van der Waals surface area contributed by atoms with Crippen LogP contribution in [0, 0.1) is 0 Å². The maximum atomic E-state index is 6.06. The first-order chi connectivity index (χ1) is 7.86. The van der Waals surface area contributed by atoms with E-state index in [-0.39, 0.29) is 0 Å². The van der Waals surface area contributed by atoms with Crippen LogP contribution in [0.1, 0.15) is 24.6 Å². The van der Waals surface area contributed by atoms with Crippen LogP contribution in [-0.2, 0) is 4.74 Å². The molecule has 16 heavy (non-hydrogen) atoms. The maximum Gasteiger partial charge on any atom is 0.179 e. The summed E-state index contributed by atoms with van der Waals surface area (Å²) >= 11 is 6.06. The van der Waals surface area contributed by atoms with Gasteiger partial charge in [0, 0.05) is 25.3 Å². The van der Waals surface area contributed by atoms with Crippen LogP contribution in [0.25, 0.3) is 5.65 Å². The molecule has 5 heteroatoms. The summed E-state index contributed by atoms with van der Waals surface area (Å²) in [6.07, 6.45) is 3.98. The zero-order valence-electron chi connectivity index (χ0n) is 8.77. The Morgan fingerprint density at radius 2 is 2.12 bits per heavy atom.